The Balaban J connectivity index is 1.73. The van der Waals surface area contributed by atoms with Gasteiger partial charge in [0.05, 0.1) is 6.10 Å². The van der Waals surface area contributed by atoms with Crippen molar-refractivity contribution in [2.24, 2.45) is 5.92 Å². The van der Waals surface area contributed by atoms with Crippen LogP contribution in [0.15, 0.2) is 24.3 Å². The van der Waals surface area contributed by atoms with Crippen LogP contribution < -0.4 is 0 Å². The average molecular weight is 341 g/mol. The van der Waals surface area contributed by atoms with E-state index < -0.39 is 6.10 Å². The van der Waals surface area contributed by atoms with Gasteiger partial charge in [0, 0.05) is 25.7 Å². The lowest BCUT2D eigenvalue weighted by atomic mass is 9.87. The van der Waals surface area contributed by atoms with Gasteiger partial charge in [-0.15, -0.1) is 0 Å². The predicted octanol–water partition coefficient (Wildman–Crippen LogP) is 2.78. The fourth-order valence-corrected chi connectivity index (χ4v) is 2.94. The van der Waals surface area contributed by atoms with Crippen molar-refractivity contribution in [1.82, 2.24) is 9.80 Å². The number of carbonyl (C=O) groups is 1. The molecule has 128 valence electrons. The Hall–Kier alpha value is -1.30. The Morgan fingerprint density at radius 2 is 1.96 bits per heavy atom. The maximum absolute atomic E-state index is 11.3. The lowest BCUT2D eigenvalue weighted by Gasteiger charge is -2.34. The van der Waals surface area contributed by atoms with Crippen molar-refractivity contribution in [2.75, 3.05) is 40.3 Å². The third kappa shape index (κ3) is 5.37. The van der Waals surface area contributed by atoms with Crippen LogP contribution in [0.25, 0.3) is 0 Å². The molecule has 1 N–H and O–H groups in total. The van der Waals surface area contributed by atoms with Crippen molar-refractivity contribution < 1.29 is 14.6 Å². The van der Waals surface area contributed by atoms with Crippen LogP contribution in [-0.4, -0.2) is 61.3 Å². The molecule has 1 fully saturated rings. The van der Waals surface area contributed by atoms with Crippen molar-refractivity contribution in [1.29, 1.82) is 0 Å². The zero-order valence-corrected chi connectivity index (χ0v) is 14.5. The van der Waals surface area contributed by atoms with Crippen LogP contribution in [-0.2, 0) is 4.74 Å². The summed E-state index contributed by atoms with van der Waals surface area (Å²) < 4.78 is 5.14. The van der Waals surface area contributed by atoms with Gasteiger partial charge < -0.3 is 14.7 Å². The standard InChI is InChI=1S/C17H25ClN2O3/c1-19(2)17(22)23-12-11-20-9-7-14(8-10-20)16(21)13-3-5-15(18)6-4-13/h3-6,14,16,21H,7-12H2,1-2H3/t16-/m1/s1. The second kappa shape index (κ2) is 8.52. The van der Waals surface area contributed by atoms with Gasteiger partial charge in [0.15, 0.2) is 0 Å². The zero-order valence-electron chi connectivity index (χ0n) is 13.7. The molecular weight excluding hydrogens is 316 g/mol. The number of likely N-dealkylation sites (tertiary alicyclic amines) is 1. The van der Waals surface area contributed by atoms with Crippen LogP contribution in [0.3, 0.4) is 0 Å². The minimum atomic E-state index is -0.444. The molecule has 1 atom stereocenters. The molecule has 6 heteroatoms. The molecule has 1 aliphatic rings. The molecule has 1 amide bonds. The summed E-state index contributed by atoms with van der Waals surface area (Å²) in [5, 5.41) is 11.2. The van der Waals surface area contributed by atoms with E-state index in [0.717, 1.165) is 38.0 Å². The number of hydrogen-bond acceptors (Lipinski definition) is 4. The second-order valence-corrected chi connectivity index (χ2v) is 6.62. The van der Waals surface area contributed by atoms with Crippen molar-refractivity contribution in [3.63, 3.8) is 0 Å². The number of aliphatic hydroxyl groups excluding tert-OH is 1. The molecule has 0 aromatic heterocycles. The first kappa shape index (κ1) is 18.0. The van der Waals surface area contributed by atoms with Crippen molar-refractivity contribution >= 4 is 17.7 Å². The highest BCUT2D eigenvalue weighted by Gasteiger charge is 2.26. The molecule has 0 aliphatic carbocycles. The van der Waals surface area contributed by atoms with Crippen LogP contribution in [0.1, 0.15) is 24.5 Å². The van der Waals surface area contributed by atoms with Gasteiger partial charge in [0.25, 0.3) is 0 Å². The first-order valence-corrected chi connectivity index (χ1v) is 8.35. The highest BCUT2D eigenvalue weighted by atomic mass is 35.5. The fraction of sp³-hybridized carbons (Fsp3) is 0.588. The molecule has 1 saturated heterocycles. The monoisotopic (exact) mass is 340 g/mol. The van der Waals surface area contributed by atoms with E-state index in [2.05, 4.69) is 4.90 Å². The number of amides is 1. The molecule has 5 nitrogen and oxygen atoms in total. The Morgan fingerprint density at radius 1 is 1.35 bits per heavy atom. The van der Waals surface area contributed by atoms with Gasteiger partial charge in [-0.25, -0.2) is 4.79 Å². The summed E-state index contributed by atoms with van der Waals surface area (Å²) in [6, 6.07) is 7.41. The molecule has 2 rings (SSSR count). The van der Waals surface area contributed by atoms with Gasteiger partial charge in [-0.1, -0.05) is 23.7 Å². The van der Waals surface area contributed by atoms with Crippen LogP contribution >= 0.6 is 11.6 Å². The number of carbonyl (C=O) groups excluding carboxylic acids is 1. The smallest absolute Gasteiger partial charge is 0.409 e. The molecule has 1 aromatic carbocycles. The number of piperidine rings is 1. The highest BCUT2D eigenvalue weighted by molar-refractivity contribution is 6.30. The minimum absolute atomic E-state index is 0.261. The molecule has 1 aliphatic heterocycles. The number of ether oxygens (including phenoxy) is 1. The maximum Gasteiger partial charge on any atom is 0.409 e. The lowest BCUT2D eigenvalue weighted by Crippen LogP contribution is -2.38. The molecular formula is C17H25ClN2O3. The SMILES string of the molecule is CN(C)C(=O)OCCN1CCC([C@H](O)c2ccc(Cl)cc2)CC1. The van der Waals surface area contributed by atoms with Crippen molar-refractivity contribution in [3.05, 3.63) is 34.9 Å². The molecule has 1 heterocycles. The van der Waals surface area contributed by atoms with E-state index in [0.29, 0.717) is 11.6 Å². The number of hydrogen-bond donors (Lipinski definition) is 1. The number of rotatable bonds is 5. The van der Waals surface area contributed by atoms with E-state index in [1.54, 1.807) is 14.1 Å². The van der Waals surface area contributed by atoms with Gasteiger partial charge in [-0.2, -0.15) is 0 Å². The Kier molecular flexibility index (Phi) is 6.69. The zero-order chi connectivity index (χ0) is 16.8. The second-order valence-electron chi connectivity index (χ2n) is 6.18. The summed E-state index contributed by atoms with van der Waals surface area (Å²) in [5.74, 6) is 0.261. The number of aliphatic hydroxyl groups is 1. The lowest BCUT2D eigenvalue weighted by molar-refractivity contribution is 0.0490. The van der Waals surface area contributed by atoms with Crippen LogP contribution in [0.2, 0.25) is 5.02 Å². The van der Waals surface area contributed by atoms with Gasteiger partial charge in [0.1, 0.15) is 6.61 Å². The molecule has 0 bridgehead atoms. The summed E-state index contributed by atoms with van der Waals surface area (Å²) in [6.07, 6.45) is 1.12. The normalized spacial score (nSPS) is 17.7. The molecule has 0 spiro atoms. The highest BCUT2D eigenvalue weighted by Crippen LogP contribution is 2.31. The summed E-state index contributed by atoms with van der Waals surface area (Å²) in [4.78, 5) is 15.0. The van der Waals surface area contributed by atoms with E-state index in [9.17, 15) is 9.90 Å². The van der Waals surface area contributed by atoms with Gasteiger partial charge in [0.2, 0.25) is 0 Å². The third-order valence-corrected chi connectivity index (χ3v) is 4.54. The van der Waals surface area contributed by atoms with Crippen molar-refractivity contribution in [2.45, 2.75) is 18.9 Å². The number of nitrogens with zero attached hydrogens (tertiary/aromatic N) is 2. The van der Waals surface area contributed by atoms with Gasteiger partial charge in [-0.05, 0) is 49.5 Å². The Morgan fingerprint density at radius 3 is 2.52 bits per heavy atom. The summed E-state index contributed by atoms with van der Waals surface area (Å²) >= 11 is 5.88. The van der Waals surface area contributed by atoms with Crippen LogP contribution in [0.5, 0.6) is 0 Å². The van der Waals surface area contributed by atoms with Crippen molar-refractivity contribution in [3.8, 4) is 0 Å². The summed E-state index contributed by atoms with van der Waals surface area (Å²) in [5.41, 5.74) is 0.924. The number of benzene rings is 1. The van der Waals surface area contributed by atoms with E-state index in [1.807, 2.05) is 24.3 Å². The number of halogens is 1. The van der Waals surface area contributed by atoms with E-state index in [-0.39, 0.29) is 12.0 Å². The summed E-state index contributed by atoms with van der Waals surface area (Å²) in [7, 11) is 3.35. The first-order chi connectivity index (χ1) is 11.0. The maximum atomic E-state index is 11.3. The average Bonchev–Trinajstić information content (AvgIpc) is 2.55. The Labute approximate surface area is 142 Å². The molecule has 1 aromatic rings. The van der Waals surface area contributed by atoms with Crippen LogP contribution in [0.4, 0.5) is 4.79 Å². The molecule has 0 saturated carbocycles. The van der Waals surface area contributed by atoms with E-state index in [1.165, 1.54) is 4.90 Å². The van der Waals surface area contributed by atoms with Crippen LogP contribution in [0, 0.1) is 5.92 Å². The van der Waals surface area contributed by atoms with Gasteiger partial charge >= 0.3 is 6.09 Å². The largest absolute Gasteiger partial charge is 0.448 e. The molecule has 0 radical (unpaired) electrons. The molecule has 23 heavy (non-hydrogen) atoms. The molecule has 0 unspecified atom stereocenters. The third-order valence-electron chi connectivity index (χ3n) is 4.29. The first-order valence-electron chi connectivity index (χ1n) is 7.97. The quantitative estimate of drug-likeness (QED) is 0.895. The minimum Gasteiger partial charge on any atom is -0.448 e. The van der Waals surface area contributed by atoms with E-state index >= 15 is 0 Å². The van der Waals surface area contributed by atoms with E-state index in [4.69, 9.17) is 16.3 Å². The topological polar surface area (TPSA) is 53.0 Å². The predicted molar refractivity (Wildman–Crippen MR) is 90.6 cm³/mol. The van der Waals surface area contributed by atoms with Gasteiger partial charge in [-0.3, -0.25) is 4.90 Å². The Bertz CT molecular complexity index is 499. The summed E-state index contributed by atoms with van der Waals surface area (Å²) in [6.45, 7) is 2.97. The fourth-order valence-electron chi connectivity index (χ4n) is 2.82.